The highest BCUT2D eigenvalue weighted by Gasteiger charge is 2.07. The minimum atomic E-state index is -0.307. The summed E-state index contributed by atoms with van der Waals surface area (Å²) in [5, 5.41) is 8.73. The van der Waals surface area contributed by atoms with Crippen molar-refractivity contribution in [1.29, 1.82) is 0 Å². The SMILES string of the molecule is CC(C)C(=O)NCCNC(=O)NCc1cn2cc(Cl)ccc2n1. The summed E-state index contributed by atoms with van der Waals surface area (Å²) in [7, 11) is 0. The van der Waals surface area contributed by atoms with Crippen molar-refractivity contribution in [1.82, 2.24) is 25.3 Å². The van der Waals surface area contributed by atoms with E-state index < -0.39 is 0 Å². The first-order valence-corrected chi connectivity index (χ1v) is 7.76. The molecule has 2 aromatic heterocycles. The average molecular weight is 338 g/mol. The number of hydrogen-bond donors (Lipinski definition) is 3. The molecule has 0 aliphatic heterocycles. The maximum atomic E-state index is 11.7. The smallest absolute Gasteiger partial charge is 0.315 e. The number of imidazole rings is 1. The number of carbonyl (C=O) groups excluding carboxylic acids is 2. The first kappa shape index (κ1) is 17.1. The minimum absolute atomic E-state index is 0.0319. The molecule has 3 N–H and O–H groups in total. The molecule has 0 aromatic carbocycles. The maximum absolute atomic E-state index is 11.7. The third-order valence-corrected chi connectivity index (χ3v) is 3.35. The van der Waals surface area contributed by atoms with Gasteiger partial charge in [-0.25, -0.2) is 9.78 Å². The number of halogens is 1. The van der Waals surface area contributed by atoms with Crippen molar-refractivity contribution in [3.05, 3.63) is 35.2 Å². The summed E-state index contributed by atoms with van der Waals surface area (Å²) in [4.78, 5) is 27.4. The van der Waals surface area contributed by atoms with E-state index in [-0.39, 0.29) is 17.9 Å². The number of rotatable bonds is 6. The van der Waals surface area contributed by atoms with Crippen LogP contribution >= 0.6 is 11.6 Å². The highest BCUT2D eigenvalue weighted by Crippen LogP contribution is 2.11. The Bertz CT molecular complexity index is 698. The molecule has 0 fully saturated rings. The monoisotopic (exact) mass is 337 g/mol. The van der Waals surface area contributed by atoms with Gasteiger partial charge in [0, 0.05) is 31.4 Å². The Morgan fingerprint density at radius 3 is 2.65 bits per heavy atom. The van der Waals surface area contributed by atoms with Crippen LogP contribution in [0, 0.1) is 5.92 Å². The number of amides is 3. The van der Waals surface area contributed by atoms with Crippen LogP contribution in [0.1, 0.15) is 19.5 Å². The fourth-order valence-electron chi connectivity index (χ4n) is 1.90. The standard InChI is InChI=1S/C15H20ClN5O2/c1-10(2)14(22)17-5-6-18-15(23)19-7-12-9-21-8-11(16)3-4-13(21)20-12/h3-4,8-10H,5-7H2,1-2H3,(H,17,22)(H2,18,19,23). The van der Waals surface area contributed by atoms with Crippen molar-refractivity contribution in [2.75, 3.05) is 13.1 Å². The van der Waals surface area contributed by atoms with Gasteiger partial charge in [-0.2, -0.15) is 0 Å². The summed E-state index contributed by atoms with van der Waals surface area (Å²) in [6, 6.07) is 3.27. The van der Waals surface area contributed by atoms with Crippen LogP contribution in [-0.4, -0.2) is 34.4 Å². The lowest BCUT2D eigenvalue weighted by atomic mass is 10.2. The molecule has 0 aliphatic carbocycles. The van der Waals surface area contributed by atoms with Gasteiger partial charge < -0.3 is 20.4 Å². The van der Waals surface area contributed by atoms with Crippen LogP contribution < -0.4 is 16.0 Å². The molecule has 0 aliphatic rings. The largest absolute Gasteiger partial charge is 0.354 e. The Morgan fingerprint density at radius 2 is 1.91 bits per heavy atom. The zero-order valence-corrected chi connectivity index (χ0v) is 13.9. The van der Waals surface area contributed by atoms with E-state index in [4.69, 9.17) is 11.6 Å². The second-order valence-corrected chi connectivity index (χ2v) is 5.84. The first-order valence-electron chi connectivity index (χ1n) is 7.38. The normalized spacial score (nSPS) is 10.8. The molecule has 23 heavy (non-hydrogen) atoms. The van der Waals surface area contributed by atoms with Crippen molar-refractivity contribution in [3.63, 3.8) is 0 Å². The Hall–Kier alpha value is -2.28. The first-order chi connectivity index (χ1) is 11.0. The van der Waals surface area contributed by atoms with Crippen LogP contribution in [0.25, 0.3) is 5.65 Å². The predicted molar refractivity (Wildman–Crippen MR) is 88.3 cm³/mol. The number of aromatic nitrogens is 2. The van der Waals surface area contributed by atoms with Crippen LogP contribution in [0.4, 0.5) is 4.79 Å². The molecule has 0 saturated heterocycles. The average Bonchev–Trinajstić information content (AvgIpc) is 2.91. The van der Waals surface area contributed by atoms with E-state index in [0.29, 0.717) is 24.7 Å². The van der Waals surface area contributed by atoms with Crippen LogP contribution in [0.5, 0.6) is 0 Å². The Morgan fingerprint density at radius 1 is 1.17 bits per heavy atom. The van der Waals surface area contributed by atoms with Gasteiger partial charge in [0.25, 0.3) is 0 Å². The van der Waals surface area contributed by atoms with Crippen molar-refractivity contribution in [3.8, 4) is 0 Å². The molecule has 2 aromatic rings. The zero-order valence-electron chi connectivity index (χ0n) is 13.1. The number of urea groups is 1. The van der Waals surface area contributed by atoms with Gasteiger partial charge in [-0.3, -0.25) is 4.79 Å². The molecule has 124 valence electrons. The number of nitrogens with zero attached hydrogens (tertiary/aromatic N) is 2. The lowest BCUT2D eigenvalue weighted by molar-refractivity contribution is -0.123. The van der Waals surface area contributed by atoms with E-state index in [2.05, 4.69) is 20.9 Å². The topological polar surface area (TPSA) is 87.5 Å². The number of pyridine rings is 1. The summed E-state index contributed by atoms with van der Waals surface area (Å²) in [5.41, 5.74) is 1.50. The molecular formula is C15H20ClN5O2. The molecule has 0 atom stereocenters. The molecule has 8 heteroatoms. The summed E-state index contributed by atoms with van der Waals surface area (Å²) in [6.45, 7) is 4.71. The number of fused-ring (bicyclic) bond motifs is 1. The van der Waals surface area contributed by atoms with E-state index in [1.54, 1.807) is 16.7 Å². The van der Waals surface area contributed by atoms with Gasteiger partial charge >= 0.3 is 6.03 Å². The molecule has 0 unspecified atom stereocenters. The van der Waals surface area contributed by atoms with E-state index >= 15 is 0 Å². The van der Waals surface area contributed by atoms with Gasteiger partial charge in [-0.1, -0.05) is 25.4 Å². The predicted octanol–water partition coefficient (Wildman–Crippen LogP) is 1.56. The Labute approximate surface area is 139 Å². The van der Waals surface area contributed by atoms with Crippen molar-refractivity contribution < 1.29 is 9.59 Å². The Balaban J connectivity index is 1.72. The molecule has 0 bridgehead atoms. The molecule has 2 heterocycles. The second-order valence-electron chi connectivity index (χ2n) is 5.40. The van der Waals surface area contributed by atoms with Crippen molar-refractivity contribution in [2.45, 2.75) is 20.4 Å². The second kappa shape index (κ2) is 7.82. The third-order valence-electron chi connectivity index (χ3n) is 3.13. The van der Waals surface area contributed by atoms with Gasteiger partial charge in [0.05, 0.1) is 17.3 Å². The summed E-state index contributed by atoms with van der Waals surface area (Å²) >= 11 is 5.91. The fraction of sp³-hybridized carbons (Fsp3) is 0.400. The van der Waals surface area contributed by atoms with Gasteiger partial charge in [0.15, 0.2) is 0 Å². The fourth-order valence-corrected chi connectivity index (χ4v) is 2.07. The lowest BCUT2D eigenvalue weighted by Gasteiger charge is -2.09. The van der Waals surface area contributed by atoms with Gasteiger partial charge in [-0.15, -0.1) is 0 Å². The maximum Gasteiger partial charge on any atom is 0.315 e. The molecule has 0 saturated carbocycles. The van der Waals surface area contributed by atoms with Crippen molar-refractivity contribution in [2.24, 2.45) is 5.92 Å². The highest BCUT2D eigenvalue weighted by atomic mass is 35.5. The van der Waals surface area contributed by atoms with E-state index in [1.165, 1.54) is 0 Å². The van der Waals surface area contributed by atoms with Crippen LogP contribution in [-0.2, 0) is 11.3 Å². The summed E-state index contributed by atoms with van der Waals surface area (Å²) in [6.07, 6.45) is 3.56. The molecule has 7 nitrogen and oxygen atoms in total. The number of nitrogens with one attached hydrogen (secondary N) is 3. The number of hydrogen-bond acceptors (Lipinski definition) is 3. The lowest BCUT2D eigenvalue weighted by Crippen LogP contribution is -2.40. The van der Waals surface area contributed by atoms with Crippen LogP contribution in [0.15, 0.2) is 24.5 Å². The van der Waals surface area contributed by atoms with Gasteiger partial charge in [0.1, 0.15) is 5.65 Å². The molecule has 2 rings (SSSR count). The summed E-state index contributed by atoms with van der Waals surface area (Å²) in [5.74, 6) is -0.0945. The van der Waals surface area contributed by atoms with Crippen LogP contribution in [0.3, 0.4) is 0 Å². The minimum Gasteiger partial charge on any atom is -0.354 e. The molecular weight excluding hydrogens is 318 g/mol. The van der Waals surface area contributed by atoms with E-state index in [0.717, 1.165) is 11.3 Å². The van der Waals surface area contributed by atoms with E-state index in [1.807, 2.05) is 26.1 Å². The van der Waals surface area contributed by atoms with Crippen LogP contribution in [0.2, 0.25) is 5.02 Å². The zero-order chi connectivity index (χ0) is 16.8. The quantitative estimate of drug-likeness (QED) is 0.699. The van der Waals surface area contributed by atoms with Crippen molar-refractivity contribution >= 4 is 29.2 Å². The van der Waals surface area contributed by atoms with E-state index in [9.17, 15) is 9.59 Å². The highest BCUT2D eigenvalue weighted by molar-refractivity contribution is 6.30. The molecule has 3 amide bonds. The van der Waals surface area contributed by atoms with Gasteiger partial charge in [-0.05, 0) is 12.1 Å². The number of carbonyl (C=O) groups is 2. The Kier molecular flexibility index (Phi) is 5.81. The molecule has 0 radical (unpaired) electrons. The molecule has 0 spiro atoms. The van der Waals surface area contributed by atoms with Gasteiger partial charge in [0.2, 0.25) is 5.91 Å². The third kappa shape index (κ3) is 5.14. The summed E-state index contributed by atoms with van der Waals surface area (Å²) < 4.78 is 1.80.